The number of likely N-dealkylation sites (tertiary alicyclic amines) is 1. The first-order valence-electron chi connectivity index (χ1n) is 6.13. The predicted molar refractivity (Wildman–Crippen MR) is 68.8 cm³/mol. The third kappa shape index (κ3) is 3.03. The quantitative estimate of drug-likeness (QED) is 0.854. The van der Waals surface area contributed by atoms with Crippen LogP contribution in [0.4, 0.5) is 0 Å². The number of hydrogen-bond acceptors (Lipinski definition) is 4. The van der Waals surface area contributed by atoms with Crippen LogP contribution in [0.25, 0.3) is 0 Å². The van der Waals surface area contributed by atoms with E-state index in [1.54, 1.807) is 11.3 Å². The first-order valence-corrected chi connectivity index (χ1v) is 7.07. The molecule has 0 spiro atoms. The normalized spacial score (nSPS) is 23.8. The van der Waals surface area contributed by atoms with Gasteiger partial charge in [0.15, 0.2) is 0 Å². The Morgan fingerprint density at radius 2 is 2.56 bits per heavy atom. The largest absolute Gasteiger partial charge is 0.308 e. The van der Waals surface area contributed by atoms with Crippen molar-refractivity contribution in [3.8, 4) is 0 Å². The van der Waals surface area contributed by atoms with Crippen LogP contribution < -0.4 is 5.32 Å². The molecule has 90 valence electrons. The van der Waals surface area contributed by atoms with E-state index in [1.807, 2.05) is 5.51 Å². The first-order chi connectivity index (χ1) is 7.77. The minimum atomic E-state index is 0.379. The van der Waals surface area contributed by atoms with Crippen molar-refractivity contribution in [2.45, 2.75) is 38.8 Å². The van der Waals surface area contributed by atoms with Gasteiger partial charge in [0.25, 0.3) is 0 Å². The van der Waals surface area contributed by atoms with Crippen molar-refractivity contribution in [1.82, 2.24) is 15.2 Å². The second kappa shape index (κ2) is 5.75. The van der Waals surface area contributed by atoms with Gasteiger partial charge in [-0.15, -0.1) is 11.3 Å². The minimum Gasteiger partial charge on any atom is -0.308 e. The van der Waals surface area contributed by atoms with Crippen molar-refractivity contribution < 1.29 is 0 Å². The number of rotatable bonds is 5. The van der Waals surface area contributed by atoms with Crippen molar-refractivity contribution in [3.05, 3.63) is 16.6 Å². The highest BCUT2D eigenvalue weighted by atomic mass is 32.1. The zero-order valence-electron chi connectivity index (χ0n) is 10.1. The molecule has 1 N–H and O–H groups in total. The molecule has 16 heavy (non-hydrogen) atoms. The van der Waals surface area contributed by atoms with Crippen LogP contribution in [0.3, 0.4) is 0 Å². The van der Waals surface area contributed by atoms with Crippen LogP contribution in [-0.4, -0.2) is 35.6 Å². The number of nitrogens with one attached hydrogen (secondary N) is 1. The Balaban J connectivity index is 1.68. The van der Waals surface area contributed by atoms with Gasteiger partial charge in [-0.05, 0) is 33.2 Å². The van der Waals surface area contributed by atoms with Crippen molar-refractivity contribution in [2.75, 3.05) is 19.6 Å². The Kier molecular flexibility index (Phi) is 4.32. The lowest BCUT2D eigenvalue weighted by Gasteiger charge is -2.22. The molecule has 0 radical (unpaired) electrons. The Hall–Kier alpha value is -0.450. The molecule has 2 heterocycles. The van der Waals surface area contributed by atoms with Gasteiger partial charge in [0, 0.05) is 30.6 Å². The number of aromatic nitrogens is 1. The molecule has 0 amide bonds. The summed E-state index contributed by atoms with van der Waals surface area (Å²) in [7, 11) is 0. The minimum absolute atomic E-state index is 0.379. The second-order valence-electron chi connectivity index (χ2n) is 4.62. The Morgan fingerprint density at radius 3 is 3.19 bits per heavy atom. The van der Waals surface area contributed by atoms with E-state index in [0.29, 0.717) is 6.04 Å². The number of hydrogen-bond donors (Lipinski definition) is 1. The molecular formula is C12H21N3S. The molecule has 1 aromatic heterocycles. The molecule has 4 heteroatoms. The van der Waals surface area contributed by atoms with Gasteiger partial charge in [0.05, 0.1) is 11.2 Å². The summed E-state index contributed by atoms with van der Waals surface area (Å²) in [6.45, 7) is 8.01. The third-order valence-corrected chi connectivity index (χ3v) is 4.04. The lowest BCUT2D eigenvalue weighted by atomic mass is 10.2. The molecular weight excluding hydrogens is 218 g/mol. The average Bonchev–Trinajstić information content (AvgIpc) is 2.90. The fourth-order valence-electron chi connectivity index (χ4n) is 2.29. The zero-order valence-corrected chi connectivity index (χ0v) is 11.0. The maximum absolute atomic E-state index is 4.32. The molecule has 3 nitrogen and oxygen atoms in total. The Morgan fingerprint density at radius 1 is 1.69 bits per heavy atom. The van der Waals surface area contributed by atoms with Crippen LogP contribution >= 0.6 is 11.3 Å². The maximum atomic E-state index is 4.32. The van der Waals surface area contributed by atoms with Crippen molar-refractivity contribution >= 4 is 11.3 Å². The van der Waals surface area contributed by atoms with E-state index >= 15 is 0 Å². The van der Waals surface area contributed by atoms with E-state index in [1.165, 1.54) is 25.1 Å². The zero-order chi connectivity index (χ0) is 11.4. The van der Waals surface area contributed by atoms with E-state index in [-0.39, 0.29) is 0 Å². The summed E-state index contributed by atoms with van der Waals surface area (Å²) in [5.41, 5.74) is 3.07. The van der Waals surface area contributed by atoms with Gasteiger partial charge in [-0.1, -0.05) is 0 Å². The van der Waals surface area contributed by atoms with E-state index in [2.05, 4.69) is 34.4 Å². The molecule has 1 aliphatic heterocycles. The molecule has 1 saturated heterocycles. The van der Waals surface area contributed by atoms with Crippen LogP contribution in [0.2, 0.25) is 0 Å². The summed E-state index contributed by atoms with van der Waals surface area (Å²) in [5.74, 6) is 0. The van der Waals surface area contributed by atoms with E-state index < -0.39 is 0 Å². The highest BCUT2D eigenvalue weighted by molar-refractivity contribution is 7.07. The lowest BCUT2D eigenvalue weighted by Crippen LogP contribution is -2.35. The van der Waals surface area contributed by atoms with E-state index in [0.717, 1.165) is 19.1 Å². The highest BCUT2D eigenvalue weighted by Gasteiger charge is 2.19. The molecule has 0 aliphatic carbocycles. The van der Waals surface area contributed by atoms with Crippen LogP contribution in [0.1, 0.15) is 38.4 Å². The van der Waals surface area contributed by atoms with Crippen molar-refractivity contribution in [3.63, 3.8) is 0 Å². The van der Waals surface area contributed by atoms with E-state index in [4.69, 9.17) is 0 Å². The van der Waals surface area contributed by atoms with Gasteiger partial charge in [-0.2, -0.15) is 0 Å². The van der Waals surface area contributed by atoms with Gasteiger partial charge in [0.2, 0.25) is 0 Å². The summed E-state index contributed by atoms with van der Waals surface area (Å²) in [6, 6.07) is 1.15. The molecule has 2 rings (SSSR count). The summed E-state index contributed by atoms with van der Waals surface area (Å²) < 4.78 is 0. The highest BCUT2D eigenvalue weighted by Crippen LogP contribution is 2.16. The topological polar surface area (TPSA) is 28.2 Å². The van der Waals surface area contributed by atoms with Gasteiger partial charge >= 0.3 is 0 Å². The fourth-order valence-corrected chi connectivity index (χ4v) is 2.94. The maximum Gasteiger partial charge on any atom is 0.0795 e. The number of nitrogens with zero attached hydrogens (tertiary/aromatic N) is 2. The monoisotopic (exact) mass is 239 g/mol. The van der Waals surface area contributed by atoms with E-state index in [9.17, 15) is 0 Å². The van der Waals surface area contributed by atoms with Crippen LogP contribution in [0, 0.1) is 0 Å². The van der Waals surface area contributed by atoms with Crippen LogP contribution in [0.15, 0.2) is 10.9 Å². The molecule has 0 bridgehead atoms. The molecule has 1 aliphatic rings. The van der Waals surface area contributed by atoms with Crippen molar-refractivity contribution in [1.29, 1.82) is 0 Å². The summed E-state index contributed by atoms with van der Waals surface area (Å²) in [4.78, 5) is 6.89. The lowest BCUT2D eigenvalue weighted by molar-refractivity contribution is 0.265. The summed E-state index contributed by atoms with van der Waals surface area (Å²) in [5, 5.41) is 5.66. The van der Waals surface area contributed by atoms with Gasteiger partial charge in [-0.25, -0.2) is 4.98 Å². The second-order valence-corrected chi connectivity index (χ2v) is 5.34. The van der Waals surface area contributed by atoms with Crippen LogP contribution in [-0.2, 0) is 0 Å². The summed E-state index contributed by atoms with van der Waals surface area (Å²) >= 11 is 1.67. The smallest absolute Gasteiger partial charge is 0.0795 e. The summed E-state index contributed by atoms with van der Waals surface area (Å²) in [6.07, 6.45) is 2.73. The Labute approximate surface area is 102 Å². The van der Waals surface area contributed by atoms with Crippen LogP contribution in [0.5, 0.6) is 0 Å². The van der Waals surface area contributed by atoms with Gasteiger partial charge in [0.1, 0.15) is 0 Å². The fraction of sp³-hybridized carbons (Fsp3) is 0.750. The molecule has 2 unspecified atom stereocenters. The standard InChI is InChI=1S/C12H21N3S/c1-10-4-3-6-15(10)7-5-13-11(2)12-8-16-9-14-12/h8-11,13H,3-7H2,1-2H3. The van der Waals surface area contributed by atoms with Gasteiger partial charge < -0.3 is 5.32 Å². The average molecular weight is 239 g/mol. The molecule has 2 atom stereocenters. The predicted octanol–water partition coefficient (Wildman–Crippen LogP) is 2.28. The molecule has 0 saturated carbocycles. The number of thiazole rings is 1. The SMILES string of the molecule is CC(NCCN1CCCC1C)c1cscn1. The third-order valence-electron chi connectivity index (χ3n) is 3.44. The van der Waals surface area contributed by atoms with Crippen molar-refractivity contribution in [2.24, 2.45) is 0 Å². The Bertz CT molecular complexity index is 299. The molecule has 0 aromatic carbocycles. The first kappa shape index (κ1) is 12.0. The molecule has 1 fully saturated rings. The molecule has 1 aromatic rings. The van der Waals surface area contributed by atoms with Gasteiger partial charge in [-0.3, -0.25) is 4.90 Å².